The van der Waals surface area contributed by atoms with Gasteiger partial charge in [0.25, 0.3) is 0 Å². The largest absolute Gasteiger partial charge is 0.494 e. The van der Waals surface area contributed by atoms with Crippen molar-refractivity contribution in [1.82, 2.24) is 10.2 Å². The molecule has 0 fully saturated rings. The predicted molar refractivity (Wildman–Crippen MR) is 95.3 cm³/mol. The van der Waals surface area contributed by atoms with Crippen LogP contribution in [0.1, 0.15) is 17.5 Å². The Labute approximate surface area is 140 Å². The third-order valence-corrected chi connectivity index (χ3v) is 4.88. The van der Waals surface area contributed by atoms with E-state index in [0.29, 0.717) is 6.54 Å². The lowest BCUT2D eigenvalue weighted by molar-refractivity contribution is 0.318. The van der Waals surface area contributed by atoms with Gasteiger partial charge in [-0.15, -0.1) is 16.8 Å². The predicted octanol–water partition coefficient (Wildman–Crippen LogP) is 4.31. The van der Waals surface area contributed by atoms with E-state index in [1.54, 1.807) is 29.2 Å². The molecule has 0 atom stereocenters. The van der Waals surface area contributed by atoms with Crippen molar-refractivity contribution in [2.75, 3.05) is 24.2 Å². The zero-order valence-electron chi connectivity index (χ0n) is 13.0. The van der Waals surface area contributed by atoms with E-state index in [1.807, 2.05) is 0 Å². The SMILES string of the molecule is C=CCNc1nnc(SCCCOc2cc(C)cc(C)c2)s1. The van der Waals surface area contributed by atoms with Crippen molar-refractivity contribution in [1.29, 1.82) is 0 Å². The van der Waals surface area contributed by atoms with Crippen molar-refractivity contribution in [3.63, 3.8) is 0 Å². The minimum Gasteiger partial charge on any atom is -0.494 e. The number of ether oxygens (including phenoxy) is 1. The number of aromatic nitrogens is 2. The zero-order chi connectivity index (χ0) is 15.8. The molecule has 0 radical (unpaired) electrons. The fourth-order valence-electron chi connectivity index (χ4n) is 1.92. The lowest BCUT2D eigenvalue weighted by Gasteiger charge is -2.07. The summed E-state index contributed by atoms with van der Waals surface area (Å²) in [5.41, 5.74) is 2.47. The summed E-state index contributed by atoms with van der Waals surface area (Å²) in [5, 5.41) is 12.2. The zero-order valence-corrected chi connectivity index (χ0v) is 14.6. The normalized spacial score (nSPS) is 10.5. The maximum atomic E-state index is 5.79. The van der Waals surface area contributed by atoms with Crippen molar-refractivity contribution in [2.24, 2.45) is 0 Å². The quantitative estimate of drug-likeness (QED) is 0.420. The first-order valence-electron chi connectivity index (χ1n) is 7.19. The molecule has 0 saturated heterocycles. The highest BCUT2D eigenvalue weighted by Crippen LogP contribution is 2.26. The van der Waals surface area contributed by atoms with Crippen LogP contribution in [0.4, 0.5) is 5.13 Å². The molecule has 2 aromatic rings. The topological polar surface area (TPSA) is 47.0 Å². The van der Waals surface area contributed by atoms with Crippen LogP contribution < -0.4 is 10.1 Å². The summed E-state index contributed by atoms with van der Waals surface area (Å²) in [5.74, 6) is 1.93. The fourth-order valence-corrected chi connectivity index (χ4v) is 3.67. The number of aryl methyl sites for hydroxylation is 2. The number of hydrogen-bond donors (Lipinski definition) is 1. The van der Waals surface area contributed by atoms with Gasteiger partial charge >= 0.3 is 0 Å². The molecule has 0 aliphatic carbocycles. The number of benzene rings is 1. The van der Waals surface area contributed by atoms with Gasteiger partial charge in [0.2, 0.25) is 5.13 Å². The van der Waals surface area contributed by atoms with Gasteiger partial charge in [-0.1, -0.05) is 35.2 Å². The van der Waals surface area contributed by atoms with E-state index >= 15 is 0 Å². The number of hydrogen-bond acceptors (Lipinski definition) is 6. The summed E-state index contributed by atoms with van der Waals surface area (Å²) >= 11 is 3.29. The molecular weight excluding hydrogens is 314 g/mol. The summed E-state index contributed by atoms with van der Waals surface area (Å²) in [6, 6.07) is 6.29. The van der Waals surface area contributed by atoms with E-state index in [4.69, 9.17) is 4.74 Å². The van der Waals surface area contributed by atoms with Crippen LogP contribution in [-0.4, -0.2) is 29.1 Å². The smallest absolute Gasteiger partial charge is 0.206 e. The Balaban J connectivity index is 1.66. The molecule has 4 nitrogen and oxygen atoms in total. The van der Waals surface area contributed by atoms with Gasteiger partial charge in [0, 0.05) is 12.3 Å². The summed E-state index contributed by atoms with van der Waals surface area (Å²) < 4.78 is 6.78. The van der Waals surface area contributed by atoms with Crippen LogP contribution in [0, 0.1) is 13.8 Å². The highest BCUT2D eigenvalue weighted by Gasteiger charge is 2.04. The molecule has 0 spiro atoms. The molecule has 6 heteroatoms. The van der Waals surface area contributed by atoms with Crippen LogP contribution in [0.25, 0.3) is 0 Å². The second-order valence-corrected chi connectivity index (χ2v) is 7.24. The molecule has 2 rings (SSSR count). The van der Waals surface area contributed by atoms with E-state index in [0.717, 1.165) is 34.0 Å². The van der Waals surface area contributed by atoms with Crippen molar-refractivity contribution < 1.29 is 4.74 Å². The molecule has 0 amide bonds. The van der Waals surface area contributed by atoms with Crippen LogP contribution in [-0.2, 0) is 0 Å². The highest BCUT2D eigenvalue weighted by atomic mass is 32.2. The van der Waals surface area contributed by atoms with Crippen LogP contribution in [0.15, 0.2) is 35.2 Å². The molecule has 0 saturated carbocycles. The van der Waals surface area contributed by atoms with E-state index < -0.39 is 0 Å². The third-order valence-electron chi connectivity index (χ3n) is 2.78. The average Bonchev–Trinajstić information content (AvgIpc) is 2.91. The molecule has 0 unspecified atom stereocenters. The van der Waals surface area contributed by atoms with Crippen molar-refractivity contribution in [3.05, 3.63) is 42.0 Å². The maximum Gasteiger partial charge on any atom is 0.206 e. The van der Waals surface area contributed by atoms with Crippen molar-refractivity contribution >= 4 is 28.2 Å². The summed E-state index contributed by atoms with van der Waals surface area (Å²) in [4.78, 5) is 0. The average molecular weight is 335 g/mol. The van der Waals surface area contributed by atoms with Crippen LogP contribution in [0.2, 0.25) is 0 Å². The Kier molecular flexibility index (Phi) is 6.74. The van der Waals surface area contributed by atoms with Gasteiger partial charge in [-0.2, -0.15) is 0 Å². The first-order valence-corrected chi connectivity index (χ1v) is 9.00. The standard InChI is InChI=1S/C16H21N3OS2/c1-4-6-17-15-18-19-16(22-15)21-8-5-7-20-14-10-12(2)9-13(3)11-14/h4,9-11H,1,5-8H2,2-3H3,(H,17,18). The molecule has 0 bridgehead atoms. The van der Waals surface area contributed by atoms with Crippen molar-refractivity contribution in [3.8, 4) is 5.75 Å². The Morgan fingerprint density at radius 1 is 1.27 bits per heavy atom. The third kappa shape index (κ3) is 5.69. The molecule has 0 aliphatic rings. The van der Waals surface area contributed by atoms with Gasteiger partial charge in [-0.25, -0.2) is 0 Å². The van der Waals surface area contributed by atoms with Gasteiger partial charge in [0.1, 0.15) is 5.75 Å². The highest BCUT2D eigenvalue weighted by molar-refractivity contribution is 8.01. The lowest BCUT2D eigenvalue weighted by Crippen LogP contribution is -1.99. The first-order chi connectivity index (χ1) is 10.7. The van der Waals surface area contributed by atoms with Crippen LogP contribution in [0.5, 0.6) is 5.75 Å². The minimum absolute atomic E-state index is 0.711. The molecule has 118 valence electrons. The molecular formula is C16H21N3OS2. The lowest BCUT2D eigenvalue weighted by atomic mass is 10.1. The number of anilines is 1. The first kappa shape index (κ1) is 16.8. The molecule has 1 aromatic carbocycles. The van der Waals surface area contributed by atoms with Gasteiger partial charge < -0.3 is 10.1 Å². The van der Waals surface area contributed by atoms with E-state index in [1.165, 1.54) is 11.1 Å². The minimum atomic E-state index is 0.711. The summed E-state index contributed by atoms with van der Waals surface area (Å²) in [7, 11) is 0. The molecule has 1 N–H and O–H groups in total. The Morgan fingerprint density at radius 2 is 2.05 bits per heavy atom. The Bertz CT molecular complexity index is 593. The van der Waals surface area contributed by atoms with Crippen molar-refractivity contribution in [2.45, 2.75) is 24.6 Å². The number of nitrogens with zero attached hydrogens (tertiary/aromatic N) is 2. The van der Waals surface area contributed by atoms with Crippen LogP contribution in [0.3, 0.4) is 0 Å². The van der Waals surface area contributed by atoms with Crippen LogP contribution >= 0.6 is 23.1 Å². The van der Waals surface area contributed by atoms with Gasteiger partial charge in [-0.05, 0) is 43.5 Å². The van der Waals surface area contributed by atoms with E-state index in [-0.39, 0.29) is 0 Å². The Hall–Kier alpha value is -1.53. The monoisotopic (exact) mass is 335 g/mol. The second-order valence-electron chi connectivity index (χ2n) is 4.92. The molecule has 22 heavy (non-hydrogen) atoms. The van der Waals surface area contributed by atoms with Gasteiger partial charge in [-0.3, -0.25) is 0 Å². The maximum absolute atomic E-state index is 5.79. The summed E-state index contributed by atoms with van der Waals surface area (Å²) in [6.45, 7) is 9.27. The van der Waals surface area contributed by atoms with E-state index in [2.05, 4.69) is 54.1 Å². The number of thioether (sulfide) groups is 1. The number of nitrogens with one attached hydrogen (secondary N) is 1. The molecule has 0 aliphatic heterocycles. The summed E-state index contributed by atoms with van der Waals surface area (Å²) in [6.07, 6.45) is 2.78. The fraction of sp³-hybridized carbons (Fsp3) is 0.375. The second kappa shape index (κ2) is 8.80. The van der Waals surface area contributed by atoms with Gasteiger partial charge in [0.15, 0.2) is 4.34 Å². The molecule has 1 aromatic heterocycles. The number of rotatable bonds is 9. The molecule has 1 heterocycles. The van der Waals surface area contributed by atoms with Gasteiger partial charge in [0.05, 0.1) is 6.61 Å². The van der Waals surface area contributed by atoms with E-state index in [9.17, 15) is 0 Å². The Morgan fingerprint density at radius 3 is 2.77 bits per heavy atom.